The zero-order valence-corrected chi connectivity index (χ0v) is 11.1. The molecule has 2 rings (SSSR count). The third-order valence-corrected chi connectivity index (χ3v) is 3.21. The molecule has 0 saturated heterocycles. The molecule has 5 nitrogen and oxygen atoms in total. The second-order valence-corrected chi connectivity index (χ2v) is 5.96. The highest BCUT2D eigenvalue weighted by Gasteiger charge is 2.10. The van der Waals surface area contributed by atoms with Crippen LogP contribution in [0.1, 0.15) is 25.8 Å². The molecule has 2 heterocycles. The average molecular weight is 251 g/mol. The first-order chi connectivity index (χ1) is 8.04. The van der Waals surface area contributed by atoms with Crippen molar-refractivity contribution in [3.8, 4) is 10.7 Å². The van der Waals surface area contributed by atoms with Gasteiger partial charge in [-0.1, -0.05) is 11.3 Å². The first kappa shape index (κ1) is 12.2. The molecule has 17 heavy (non-hydrogen) atoms. The molecular formula is C11H17N5S. The normalized spacial score (nSPS) is 11.9. The van der Waals surface area contributed by atoms with Crippen LogP contribution in [0.25, 0.3) is 10.7 Å². The molecular weight excluding hydrogens is 234 g/mol. The summed E-state index contributed by atoms with van der Waals surface area (Å²) in [6, 6.07) is 1.90. The van der Waals surface area contributed by atoms with E-state index in [9.17, 15) is 0 Å². The van der Waals surface area contributed by atoms with Gasteiger partial charge in [0.15, 0.2) is 5.01 Å². The number of rotatable bonds is 4. The molecule has 0 amide bonds. The van der Waals surface area contributed by atoms with Gasteiger partial charge < -0.3 is 5.32 Å². The Morgan fingerprint density at radius 2 is 2.18 bits per heavy atom. The molecule has 92 valence electrons. The fraction of sp³-hybridized carbons (Fsp3) is 0.545. The van der Waals surface area contributed by atoms with E-state index >= 15 is 0 Å². The Labute approximate surface area is 105 Å². The molecule has 0 bridgehead atoms. The molecule has 0 unspecified atom stereocenters. The van der Waals surface area contributed by atoms with E-state index < -0.39 is 0 Å². The van der Waals surface area contributed by atoms with Gasteiger partial charge in [0.05, 0.1) is 5.69 Å². The van der Waals surface area contributed by atoms with Gasteiger partial charge in [0.2, 0.25) is 0 Å². The Hall–Kier alpha value is -1.27. The Morgan fingerprint density at radius 1 is 1.35 bits per heavy atom. The Morgan fingerprint density at radius 3 is 2.82 bits per heavy atom. The van der Waals surface area contributed by atoms with Crippen molar-refractivity contribution in [3.63, 3.8) is 0 Å². The molecule has 2 aromatic rings. The van der Waals surface area contributed by atoms with E-state index in [0.717, 1.165) is 28.7 Å². The summed E-state index contributed by atoms with van der Waals surface area (Å²) >= 11 is 1.61. The Kier molecular flexibility index (Phi) is 3.54. The highest BCUT2D eigenvalue weighted by molar-refractivity contribution is 7.14. The molecule has 0 radical (unpaired) electrons. The number of nitrogens with one attached hydrogen (secondary N) is 2. The van der Waals surface area contributed by atoms with E-state index in [-0.39, 0.29) is 5.54 Å². The molecule has 0 atom stereocenters. The summed E-state index contributed by atoms with van der Waals surface area (Å²) in [4.78, 5) is 0. The minimum Gasteiger partial charge on any atom is -0.312 e. The average Bonchev–Trinajstić information content (AvgIpc) is 2.83. The number of H-pyrrole nitrogens is 1. The molecule has 6 heteroatoms. The van der Waals surface area contributed by atoms with Gasteiger partial charge in [-0.15, -0.1) is 10.2 Å². The monoisotopic (exact) mass is 251 g/mol. The van der Waals surface area contributed by atoms with Crippen molar-refractivity contribution in [3.05, 3.63) is 17.3 Å². The van der Waals surface area contributed by atoms with Crippen LogP contribution in [-0.2, 0) is 6.42 Å². The molecule has 2 aromatic heterocycles. The van der Waals surface area contributed by atoms with Crippen LogP contribution in [0.4, 0.5) is 0 Å². The van der Waals surface area contributed by atoms with Crippen molar-refractivity contribution in [1.29, 1.82) is 0 Å². The highest BCUT2D eigenvalue weighted by Crippen LogP contribution is 2.20. The number of nitrogens with zero attached hydrogens (tertiary/aromatic N) is 3. The smallest absolute Gasteiger partial charge is 0.165 e. The predicted molar refractivity (Wildman–Crippen MR) is 69.0 cm³/mol. The molecule has 0 fully saturated rings. The zero-order valence-electron chi connectivity index (χ0n) is 10.3. The number of hydrogen-bond acceptors (Lipinski definition) is 5. The fourth-order valence-electron chi connectivity index (χ4n) is 1.38. The molecule has 0 aromatic carbocycles. The Balaban J connectivity index is 1.91. The largest absolute Gasteiger partial charge is 0.312 e. The molecule has 0 aliphatic heterocycles. The first-order valence-corrected chi connectivity index (χ1v) is 6.43. The van der Waals surface area contributed by atoms with Gasteiger partial charge in [0.1, 0.15) is 5.01 Å². The minimum absolute atomic E-state index is 0.150. The van der Waals surface area contributed by atoms with Crippen molar-refractivity contribution in [1.82, 2.24) is 25.7 Å². The summed E-state index contributed by atoms with van der Waals surface area (Å²) in [5.74, 6) is 0. The molecule has 2 N–H and O–H groups in total. The number of aromatic amines is 1. The molecule has 0 spiro atoms. The van der Waals surface area contributed by atoms with Gasteiger partial charge in [0.25, 0.3) is 0 Å². The van der Waals surface area contributed by atoms with E-state index in [1.54, 1.807) is 17.5 Å². The van der Waals surface area contributed by atoms with Crippen LogP contribution in [0, 0.1) is 0 Å². The summed E-state index contributed by atoms with van der Waals surface area (Å²) in [5.41, 5.74) is 1.08. The topological polar surface area (TPSA) is 66.5 Å². The summed E-state index contributed by atoms with van der Waals surface area (Å²) in [5, 5.41) is 20.5. The maximum Gasteiger partial charge on any atom is 0.165 e. The SMILES string of the molecule is CC(C)(C)NCCc1nnc(-c2ccn[nH]2)s1. The highest BCUT2D eigenvalue weighted by atomic mass is 32.1. The van der Waals surface area contributed by atoms with Crippen molar-refractivity contribution < 1.29 is 0 Å². The van der Waals surface area contributed by atoms with Crippen LogP contribution in [0.15, 0.2) is 12.3 Å². The standard InChI is InChI=1S/C11H17N5S/c1-11(2,3)12-6-5-9-15-16-10(17-9)8-4-7-13-14-8/h4,7,12H,5-6H2,1-3H3,(H,13,14). The summed E-state index contributed by atoms with van der Waals surface area (Å²) in [6.45, 7) is 7.39. The third kappa shape index (κ3) is 3.61. The maximum absolute atomic E-state index is 4.17. The van der Waals surface area contributed by atoms with Crippen LogP contribution in [0.5, 0.6) is 0 Å². The van der Waals surface area contributed by atoms with Gasteiger partial charge in [-0.2, -0.15) is 5.10 Å². The fourth-order valence-corrected chi connectivity index (χ4v) is 2.20. The quantitative estimate of drug-likeness (QED) is 0.870. The molecule has 0 aliphatic carbocycles. The first-order valence-electron chi connectivity index (χ1n) is 5.62. The summed E-state index contributed by atoms with van der Waals surface area (Å²) in [7, 11) is 0. The zero-order chi connectivity index (χ0) is 12.3. The van der Waals surface area contributed by atoms with Crippen molar-refractivity contribution in [2.24, 2.45) is 0 Å². The summed E-state index contributed by atoms with van der Waals surface area (Å²) in [6.07, 6.45) is 2.63. The van der Waals surface area contributed by atoms with Crippen LogP contribution in [-0.4, -0.2) is 32.5 Å². The second kappa shape index (κ2) is 4.93. The lowest BCUT2D eigenvalue weighted by molar-refractivity contribution is 0.429. The van der Waals surface area contributed by atoms with Crippen LogP contribution < -0.4 is 5.32 Å². The maximum atomic E-state index is 4.17. The van der Waals surface area contributed by atoms with Crippen molar-refractivity contribution >= 4 is 11.3 Å². The van der Waals surface area contributed by atoms with Crippen LogP contribution in [0.3, 0.4) is 0 Å². The Bertz CT molecular complexity index is 454. The lowest BCUT2D eigenvalue weighted by Gasteiger charge is -2.19. The van der Waals surface area contributed by atoms with Gasteiger partial charge in [0, 0.05) is 24.7 Å². The lowest BCUT2D eigenvalue weighted by Crippen LogP contribution is -2.37. The minimum atomic E-state index is 0.150. The van der Waals surface area contributed by atoms with E-state index in [1.807, 2.05) is 6.07 Å². The van der Waals surface area contributed by atoms with E-state index in [1.165, 1.54) is 0 Å². The lowest BCUT2D eigenvalue weighted by atomic mass is 10.1. The predicted octanol–water partition coefficient (Wildman–Crippen LogP) is 1.86. The van der Waals surface area contributed by atoms with Crippen molar-refractivity contribution in [2.75, 3.05) is 6.54 Å². The van der Waals surface area contributed by atoms with Crippen molar-refractivity contribution in [2.45, 2.75) is 32.7 Å². The number of aromatic nitrogens is 4. The van der Waals surface area contributed by atoms with Gasteiger partial charge in [-0.25, -0.2) is 0 Å². The van der Waals surface area contributed by atoms with Crippen LogP contribution >= 0.6 is 11.3 Å². The van der Waals surface area contributed by atoms with Crippen LogP contribution in [0.2, 0.25) is 0 Å². The third-order valence-electron chi connectivity index (χ3n) is 2.19. The van der Waals surface area contributed by atoms with E-state index in [0.29, 0.717) is 0 Å². The van der Waals surface area contributed by atoms with Gasteiger partial charge in [-0.3, -0.25) is 5.10 Å². The summed E-state index contributed by atoms with van der Waals surface area (Å²) < 4.78 is 0. The van der Waals surface area contributed by atoms with E-state index in [4.69, 9.17) is 0 Å². The van der Waals surface area contributed by atoms with Gasteiger partial charge in [-0.05, 0) is 26.8 Å². The molecule has 0 saturated carbocycles. The molecule has 0 aliphatic rings. The van der Waals surface area contributed by atoms with E-state index in [2.05, 4.69) is 46.5 Å². The second-order valence-electron chi connectivity index (χ2n) is 4.90. The number of hydrogen-bond donors (Lipinski definition) is 2. The van der Waals surface area contributed by atoms with Gasteiger partial charge >= 0.3 is 0 Å².